The quantitative estimate of drug-likeness (QED) is 0.637. The van der Waals surface area contributed by atoms with E-state index in [1.54, 1.807) is 4.90 Å². The number of amides is 1. The molecule has 0 spiro atoms. The minimum atomic E-state index is -0.0573. The van der Waals surface area contributed by atoms with Crippen LogP contribution < -0.4 is 11.5 Å². The number of rotatable bonds is 1. The lowest BCUT2D eigenvalue weighted by molar-refractivity contribution is -0.126. The van der Waals surface area contributed by atoms with Crippen LogP contribution in [0.4, 0.5) is 0 Å². The number of carbonyl (C=O) groups is 1. The zero-order chi connectivity index (χ0) is 10.8. The molecule has 2 unspecified atom stereocenters. The second kappa shape index (κ2) is 4.33. The molecule has 2 aliphatic rings. The van der Waals surface area contributed by atoms with Crippen LogP contribution in [0.2, 0.25) is 0 Å². The Morgan fingerprint density at radius 3 is 2.47 bits per heavy atom. The van der Waals surface area contributed by atoms with Gasteiger partial charge < -0.3 is 16.4 Å². The molecule has 1 aliphatic heterocycles. The minimum Gasteiger partial charge on any atom is -0.336 e. The van der Waals surface area contributed by atoms with Crippen molar-refractivity contribution in [3.8, 4) is 0 Å². The Hall–Kier alpha value is -0.870. The van der Waals surface area contributed by atoms with Crippen LogP contribution in [0, 0.1) is 0 Å². The standard InChI is InChI=1S/C11H19N3O/c12-9-6-14(7-10(9)13)11(15)8-4-2-1-3-5-8/h4,9-10H,1-3,5-7,12-13H2. The van der Waals surface area contributed by atoms with Gasteiger partial charge in [0.25, 0.3) is 0 Å². The van der Waals surface area contributed by atoms with Gasteiger partial charge in [-0.2, -0.15) is 0 Å². The molecule has 1 aliphatic carbocycles. The van der Waals surface area contributed by atoms with Gasteiger partial charge in [0, 0.05) is 30.7 Å². The average molecular weight is 209 g/mol. The summed E-state index contributed by atoms with van der Waals surface area (Å²) in [6.45, 7) is 1.22. The Morgan fingerprint density at radius 2 is 1.93 bits per heavy atom. The van der Waals surface area contributed by atoms with Crippen LogP contribution >= 0.6 is 0 Å². The molecule has 1 heterocycles. The summed E-state index contributed by atoms with van der Waals surface area (Å²) in [7, 11) is 0. The van der Waals surface area contributed by atoms with Crippen molar-refractivity contribution in [3.63, 3.8) is 0 Å². The highest BCUT2D eigenvalue weighted by Gasteiger charge is 2.31. The van der Waals surface area contributed by atoms with Crippen molar-refractivity contribution >= 4 is 5.91 Å². The Bertz CT molecular complexity index is 278. The van der Waals surface area contributed by atoms with Gasteiger partial charge in [-0.3, -0.25) is 4.79 Å². The summed E-state index contributed by atoms with van der Waals surface area (Å²) in [5.41, 5.74) is 12.6. The largest absolute Gasteiger partial charge is 0.336 e. The van der Waals surface area contributed by atoms with E-state index in [-0.39, 0.29) is 18.0 Å². The molecule has 1 amide bonds. The second-order valence-corrected chi connectivity index (χ2v) is 4.51. The molecule has 4 heteroatoms. The summed E-state index contributed by atoms with van der Waals surface area (Å²) in [6.07, 6.45) is 6.35. The number of nitrogens with zero attached hydrogens (tertiary/aromatic N) is 1. The maximum absolute atomic E-state index is 12.0. The predicted octanol–water partition coefficient (Wildman–Crippen LogP) is -0.0164. The van der Waals surface area contributed by atoms with Crippen LogP contribution in [-0.2, 0) is 4.79 Å². The van der Waals surface area contributed by atoms with E-state index in [1.807, 2.05) is 0 Å². The molecule has 4 N–H and O–H groups in total. The number of likely N-dealkylation sites (tertiary alicyclic amines) is 1. The first-order valence-electron chi connectivity index (χ1n) is 5.68. The van der Waals surface area contributed by atoms with Crippen LogP contribution in [-0.4, -0.2) is 36.0 Å². The SMILES string of the molecule is NC1CN(C(=O)C2=CCCCC2)CC1N. The van der Waals surface area contributed by atoms with Crippen molar-refractivity contribution in [2.24, 2.45) is 11.5 Å². The summed E-state index contributed by atoms with van der Waals surface area (Å²) < 4.78 is 0. The van der Waals surface area contributed by atoms with Gasteiger partial charge in [0.05, 0.1) is 0 Å². The number of carbonyl (C=O) groups excluding carboxylic acids is 1. The molecular weight excluding hydrogens is 190 g/mol. The number of hydrogen-bond donors (Lipinski definition) is 2. The first-order valence-corrected chi connectivity index (χ1v) is 5.68. The van der Waals surface area contributed by atoms with Gasteiger partial charge in [0.15, 0.2) is 0 Å². The Kier molecular flexibility index (Phi) is 3.07. The fraction of sp³-hybridized carbons (Fsp3) is 0.727. The van der Waals surface area contributed by atoms with E-state index < -0.39 is 0 Å². The first kappa shape index (κ1) is 10.6. The van der Waals surface area contributed by atoms with Gasteiger partial charge in [-0.25, -0.2) is 0 Å². The summed E-state index contributed by atoms with van der Waals surface area (Å²) in [6, 6.07) is -0.115. The third-order valence-electron chi connectivity index (χ3n) is 3.27. The molecule has 4 nitrogen and oxygen atoms in total. The number of hydrogen-bond acceptors (Lipinski definition) is 3. The van der Waals surface area contributed by atoms with Crippen molar-refractivity contribution in [1.29, 1.82) is 0 Å². The number of allylic oxidation sites excluding steroid dienone is 1. The maximum atomic E-state index is 12.0. The second-order valence-electron chi connectivity index (χ2n) is 4.51. The van der Waals surface area contributed by atoms with E-state index in [0.717, 1.165) is 24.8 Å². The molecule has 15 heavy (non-hydrogen) atoms. The van der Waals surface area contributed by atoms with Gasteiger partial charge in [-0.15, -0.1) is 0 Å². The van der Waals surface area contributed by atoms with Gasteiger partial charge in [-0.1, -0.05) is 6.08 Å². The lowest BCUT2D eigenvalue weighted by atomic mass is 9.99. The monoisotopic (exact) mass is 209 g/mol. The van der Waals surface area contributed by atoms with E-state index in [0.29, 0.717) is 13.1 Å². The van der Waals surface area contributed by atoms with Gasteiger partial charge in [0.1, 0.15) is 0 Å². The average Bonchev–Trinajstić information content (AvgIpc) is 2.59. The highest BCUT2D eigenvalue weighted by atomic mass is 16.2. The fourth-order valence-electron chi connectivity index (χ4n) is 2.26. The van der Waals surface area contributed by atoms with E-state index >= 15 is 0 Å². The van der Waals surface area contributed by atoms with Crippen molar-refractivity contribution in [2.75, 3.05) is 13.1 Å². The smallest absolute Gasteiger partial charge is 0.249 e. The van der Waals surface area contributed by atoms with Gasteiger partial charge in [-0.05, 0) is 25.7 Å². The molecular formula is C11H19N3O. The summed E-state index contributed by atoms with van der Waals surface area (Å²) in [5.74, 6) is 0.151. The molecule has 2 atom stereocenters. The third-order valence-corrected chi connectivity index (χ3v) is 3.27. The van der Waals surface area contributed by atoms with E-state index in [2.05, 4.69) is 6.08 Å². The normalized spacial score (nSPS) is 31.6. The topological polar surface area (TPSA) is 72.3 Å². The molecule has 84 valence electrons. The molecule has 1 saturated heterocycles. The lowest BCUT2D eigenvalue weighted by Gasteiger charge is -2.19. The molecule has 0 saturated carbocycles. The van der Waals surface area contributed by atoms with Crippen molar-refractivity contribution in [2.45, 2.75) is 37.8 Å². The van der Waals surface area contributed by atoms with Crippen molar-refractivity contribution in [1.82, 2.24) is 4.90 Å². The van der Waals surface area contributed by atoms with Crippen molar-refractivity contribution in [3.05, 3.63) is 11.6 Å². The Balaban J connectivity index is 1.99. The van der Waals surface area contributed by atoms with Crippen LogP contribution in [0.25, 0.3) is 0 Å². The molecule has 0 radical (unpaired) electrons. The van der Waals surface area contributed by atoms with Crippen LogP contribution in [0.3, 0.4) is 0 Å². The molecule has 0 aromatic rings. The molecule has 1 fully saturated rings. The fourth-order valence-corrected chi connectivity index (χ4v) is 2.26. The zero-order valence-electron chi connectivity index (χ0n) is 8.98. The lowest BCUT2D eigenvalue weighted by Crippen LogP contribution is -2.39. The molecule has 2 rings (SSSR count). The van der Waals surface area contributed by atoms with E-state index in [9.17, 15) is 4.79 Å². The van der Waals surface area contributed by atoms with Crippen LogP contribution in [0.5, 0.6) is 0 Å². The summed E-state index contributed by atoms with van der Waals surface area (Å²) >= 11 is 0. The van der Waals surface area contributed by atoms with E-state index in [1.165, 1.54) is 6.42 Å². The van der Waals surface area contributed by atoms with Gasteiger partial charge in [0.2, 0.25) is 5.91 Å². The third kappa shape index (κ3) is 2.21. The Labute approximate surface area is 90.3 Å². The van der Waals surface area contributed by atoms with Crippen LogP contribution in [0.1, 0.15) is 25.7 Å². The highest BCUT2D eigenvalue weighted by molar-refractivity contribution is 5.93. The maximum Gasteiger partial charge on any atom is 0.249 e. The molecule has 0 aromatic carbocycles. The summed E-state index contributed by atoms with van der Waals surface area (Å²) in [4.78, 5) is 13.8. The van der Waals surface area contributed by atoms with Crippen molar-refractivity contribution < 1.29 is 4.79 Å². The molecule has 0 aromatic heterocycles. The van der Waals surface area contributed by atoms with Gasteiger partial charge >= 0.3 is 0 Å². The van der Waals surface area contributed by atoms with Crippen LogP contribution in [0.15, 0.2) is 11.6 Å². The Morgan fingerprint density at radius 1 is 1.27 bits per heavy atom. The zero-order valence-corrected chi connectivity index (χ0v) is 8.98. The highest BCUT2D eigenvalue weighted by Crippen LogP contribution is 2.21. The minimum absolute atomic E-state index is 0.0573. The number of nitrogens with two attached hydrogens (primary N) is 2. The summed E-state index contributed by atoms with van der Waals surface area (Å²) in [5, 5.41) is 0. The predicted molar refractivity (Wildman–Crippen MR) is 59.1 cm³/mol. The molecule has 0 bridgehead atoms. The first-order chi connectivity index (χ1) is 7.18. The van der Waals surface area contributed by atoms with E-state index in [4.69, 9.17) is 11.5 Å².